The van der Waals surface area contributed by atoms with Crippen LogP contribution in [-0.4, -0.2) is 23.4 Å². The number of hydrogen-bond donors (Lipinski definition) is 1. The van der Waals surface area contributed by atoms with E-state index in [0.29, 0.717) is 17.5 Å². The van der Waals surface area contributed by atoms with Gasteiger partial charge >= 0.3 is 0 Å². The molecule has 1 amide bonds. The average molecular weight is 250 g/mol. The molecule has 0 unspecified atom stereocenters. The van der Waals surface area contributed by atoms with Crippen LogP contribution in [0.1, 0.15) is 37.0 Å². The lowest BCUT2D eigenvalue weighted by Crippen LogP contribution is -2.36. The third-order valence-corrected chi connectivity index (χ3v) is 3.05. The Hall–Kier alpha value is -1.58. The molecule has 4 heteroatoms. The Morgan fingerprint density at radius 3 is 2.67 bits per heavy atom. The number of nitrogens with two attached hydrogens (primary N) is 1. The zero-order valence-electron chi connectivity index (χ0n) is 10.8. The molecular weight excluding hydrogens is 231 g/mol. The molecule has 0 atom stereocenters. The highest BCUT2D eigenvalue weighted by atomic mass is 19.1. The van der Waals surface area contributed by atoms with Crippen LogP contribution < -0.4 is 5.73 Å². The first kappa shape index (κ1) is 12.9. The molecule has 0 heterocycles. The van der Waals surface area contributed by atoms with E-state index in [4.69, 9.17) is 5.73 Å². The standard InChI is InChI=1S/C14H19FN2O/c1-9(2)8-17(11-4-5-11)14(18)10-3-6-12(15)13(16)7-10/h3,6-7,9,11H,4-5,8,16H2,1-2H3. The minimum atomic E-state index is -0.478. The number of rotatable bonds is 4. The normalized spacial score (nSPS) is 14.9. The van der Waals surface area contributed by atoms with Crippen LogP contribution in [0.15, 0.2) is 18.2 Å². The number of carbonyl (C=O) groups is 1. The number of anilines is 1. The molecule has 2 rings (SSSR count). The largest absolute Gasteiger partial charge is 0.396 e. The summed E-state index contributed by atoms with van der Waals surface area (Å²) in [4.78, 5) is 14.3. The van der Waals surface area contributed by atoms with Crippen LogP contribution in [0.2, 0.25) is 0 Å². The van der Waals surface area contributed by atoms with Gasteiger partial charge in [-0.1, -0.05) is 13.8 Å². The van der Waals surface area contributed by atoms with Crippen LogP contribution in [-0.2, 0) is 0 Å². The summed E-state index contributed by atoms with van der Waals surface area (Å²) in [6.07, 6.45) is 2.13. The predicted octanol–water partition coefficient (Wildman–Crippen LogP) is 2.67. The highest BCUT2D eigenvalue weighted by molar-refractivity contribution is 5.95. The Morgan fingerprint density at radius 1 is 1.50 bits per heavy atom. The molecule has 0 bridgehead atoms. The molecule has 1 aliphatic carbocycles. The second-order valence-electron chi connectivity index (χ2n) is 5.32. The van der Waals surface area contributed by atoms with Gasteiger partial charge in [0.25, 0.3) is 5.91 Å². The molecule has 1 aliphatic rings. The fourth-order valence-electron chi connectivity index (χ4n) is 2.02. The van der Waals surface area contributed by atoms with E-state index in [9.17, 15) is 9.18 Å². The van der Waals surface area contributed by atoms with Crippen molar-refractivity contribution in [2.75, 3.05) is 12.3 Å². The SMILES string of the molecule is CC(C)CN(C(=O)c1ccc(F)c(N)c1)C1CC1. The number of halogens is 1. The molecule has 1 fully saturated rings. The van der Waals surface area contributed by atoms with Gasteiger partial charge in [0.05, 0.1) is 5.69 Å². The highest BCUT2D eigenvalue weighted by Crippen LogP contribution is 2.29. The fourth-order valence-corrected chi connectivity index (χ4v) is 2.02. The van der Waals surface area contributed by atoms with Gasteiger partial charge in [0.15, 0.2) is 0 Å². The lowest BCUT2D eigenvalue weighted by molar-refractivity contribution is 0.0722. The fraction of sp³-hybridized carbons (Fsp3) is 0.500. The first-order valence-electron chi connectivity index (χ1n) is 6.35. The van der Waals surface area contributed by atoms with E-state index in [0.717, 1.165) is 19.4 Å². The van der Waals surface area contributed by atoms with E-state index in [1.54, 1.807) is 0 Å². The van der Waals surface area contributed by atoms with Crippen molar-refractivity contribution in [1.82, 2.24) is 4.90 Å². The Balaban J connectivity index is 2.19. The summed E-state index contributed by atoms with van der Waals surface area (Å²) in [5, 5.41) is 0. The summed E-state index contributed by atoms with van der Waals surface area (Å²) < 4.78 is 13.1. The number of carbonyl (C=O) groups excluding carboxylic acids is 1. The van der Waals surface area contributed by atoms with Crippen molar-refractivity contribution in [2.45, 2.75) is 32.7 Å². The van der Waals surface area contributed by atoms with Crippen molar-refractivity contribution in [3.05, 3.63) is 29.6 Å². The molecule has 0 aliphatic heterocycles. The zero-order chi connectivity index (χ0) is 13.3. The number of benzene rings is 1. The van der Waals surface area contributed by atoms with Gasteiger partial charge in [-0.3, -0.25) is 4.79 Å². The Labute approximate surface area is 107 Å². The molecule has 2 N–H and O–H groups in total. The summed E-state index contributed by atoms with van der Waals surface area (Å²) in [5.74, 6) is -0.0985. The van der Waals surface area contributed by atoms with Gasteiger partial charge in [-0.05, 0) is 37.0 Å². The summed E-state index contributed by atoms with van der Waals surface area (Å²) >= 11 is 0. The first-order chi connectivity index (χ1) is 8.49. The van der Waals surface area contributed by atoms with Crippen molar-refractivity contribution < 1.29 is 9.18 Å². The van der Waals surface area contributed by atoms with Gasteiger partial charge in [-0.2, -0.15) is 0 Å². The number of nitrogens with zero attached hydrogens (tertiary/aromatic N) is 1. The Kier molecular flexibility index (Phi) is 3.55. The van der Waals surface area contributed by atoms with E-state index in [-0.39, 0.29) is 11.6 Å². The summed E-state index contributed by atoms with van der Waals surface area (Å²) in [6, 6.07) is 4.53. The van der Waals surface area contributed by atoms with Crippen LogP contribution >= 0.6 is 0 Å². The molecule has 1 aromatic carbocycles. The monoisotopic (exact) mass is 250 g/mol. The summed E-state index contributed by atoms with van der Waals surface area (Å²) in [7, 11) is 0. The molecule has 0 saturated heterocycles. The highest BCUT2D eigenvalue weighted by Gasteiger charge is 2.33. The Bertz CT molecular complexity index is 455. The molecule has 0 radical (unpaired) electrons. The van der Waals surface area contributed by atoms with Gasteiger partial charge in [0.1, 0.15) is 5.82 Å². The molecule has 0 spiro atoms. The number of nitrogen functional groups attached to an aromatic ring is 1. The van der Waals surface area contributed by atoms with Gasteiger partial charge in [-0.15, -0.1) is 0 Å². The van der Waals surface area contributed by atoms with Crippen molar-refractivity contribution in [2.24, 2.45) is 5.92 Å². The van der Waals surface area contributed by atoms with Crippen LogP contribution in [0.4, 0.5) is 10.1 Å². The van der Waals surface area contributed by atoms with E-state index < -0.39 is 5.82 Å². The molecule has 0 aromatic heterocycles. The third kappa shape index (κ3) is 2.81. The van der Waals surface area contributed by atoms with Gasteiger partial charge in [-0.25, -0.2) is 4.39 Å². The van der Waals surface area contributed by atoms with Gasteiger partial charge in [0, 0.05) is 18.2 Å². The average Bonchev–Trinajstić information content (AvgIpc) is 3.12. The topological polar surface area (TPSA) is 46.3 Å². The maximum atomic E-state index is 13.1. The summed E-state index contributed by atoms with van der Waals surface area (Å²) in [5.41, 5.74) is 6.01. The molecule has 1 aromatic rings. The van der Waals surface area contributed by atoms with Crippen molar-refractivity contribution >= 4 is 11.6 Å². The second kappa shape index (κ2) is 4.96. The predicted molar refractivity (Wildman–Crippen MR) is 69.7 cm³/mol. The molecular formula is C14H19FN2O. The first-order valence-corrected chi connectivity index (χ1v) is 6.35. The smallest absolute Gasteiger partial charge is 0.254 e. The van der Waals surface area contributed by atoms with Crippen molar-refractivity contribution in [1.29, 1.82) is 0 Å². The van der Waals surface area contributed by atoms with E-state index >= 15 is 0 Å². The Morgan fingerprint density at radius 2 is 2.17 bits per heavy atom. The van der Waals surface area contributed by atoms with Crippen LogP contribution in [0, 0.1) is 11.7 Å². The van der Waals surface area contributed by atoms with E-state index in [1.165, 1.54) is 18.2 Å². The maximum absolute atomic E-state index is 13.1. The van der Waals surface area contributed by atoms with Crippen LogP contribution in [0.3, 0.4) is 0 Å². The van der Waals surface area contributed by atoms with E-state index in [2.05, 4.69) is 13.8 Å². The van der Waals surface area contributed by atoms with E-state index in [1.807, 2.05) is 4.90 Å². The minimum absolute atomic E-state index is 0.0288. The van der Waals surface area contributed by atoms with Crippen LogP contribution in [0.25, 0.3) is 0 Å². The van der Waals surface area contributed by atoms with Gasteiger partial charge < -0.3 is 10.6 Å². The molecule has 3 nitrogen and oxygen atoms in total. The van der Waals surface area contributed by atoms with Crippen LogP contribution in [0.5, 0.6) is 0 Å². The molecule has 1 saturated carbocycles. The second-order valence-corrected chi connectivity index (χ2v) is 5.32. The molecule has 18 heavy (non-hydrogen) atoms. The van der Waals surface area contributed by atoms with Crippen molar-refractivity contribution in [3.8, 4) is 0 Å². The quantitative estimate of drug-likeness (QED) is 0.835. The molecule has 98 valence electrons. The lowest BCUT2D eigenvalue weighted by Gasteiger charge is -2.24. The maximum Gasteiger partial charge on any atom is 0.254 e. The number of amides is 1. The third-order valence-electron chi connectivity index (χ3n) is 3.05. The van der Waals surface area contributed by atoms with Crippen molar-refractivity contribution in [3.63, 3.8) is 0 Å². The minimum Gasteiger partial charge on any atom is -0.396 e. The zero-order valence-corrected chi connectivity index (χ0v) is 10.8. The van der Waals surface area contributed by atoms with Gasteiger partial charge in [0.2, 0.25) is 0 Å². The lowest BCUT2D eigenvalue weighted by atomic mass is 10.1. The number of hydrogen-bond acceptors (Lipinski definition) is 2. The summed E-state index contributed by atoms with van der Waals surface area (Å²) in [6.45, 7) is 4.91.